The molecular weight excluding hydrogens is 300 g/mol. The minimum Gasteiger partial charge on any atom is -0.451 e. The molecule has 0 aromatic heterocycles. The molecule has 2 atom stereocenters. The van der Waals surface area contributed by atoms with Gasteiger partial charge >= 0.3 is 12.0 Å². The predicted molar refractivity (Wildman–Crippen MR) is 81.3 cm³/mol. The highest BCUT2D eigenvalue weighted by Crippen LogP contribution is 2.14. The number of amides is 3. The highest BCUT2D eigenvalue weighted by Gasteiger charge is 2.28. The van der Waals surface area contributed by atoms with Gasteiger partial charge in [-0.05, 0) is 25.3 Å². The zero-order valence-electron chi connectivity index (χ0n) is 12.9. The maximum absolute atomic E-state index is 11.8. The third-order valence-corrected chi connectivity index (χ3v) is 3.39. The summed E-state index contributed by atoms with van der Waals surface area (Å²) in [6.45, 7) is 2.22. The molecule has 2 rings (SSSR count). The van der Waals surface area contributed by atoms with Gasteiger partial charge in [-0.3, -0.25) is 10.1 Å². The van der Waals surface area contributed by atoms with Crippen LogP contribution in [0.25, 0.3) is 0 Å². The molecule has 1 aromatic carbocycles. The van der Waals surface area contributed by atoms with Gasteiger partial charge in [0.05, 0.1) is 0 Å². The van der Waals surface area contributed by atoms with E-state index in [0.717, 1.165) is 12.0 Å². The SMILES string of the molecule is C[C@@H](OC(=O)[C@@H]1CCCO1)C(=O)NC(=O)NCc1ccccc1. The van der Waals surface area contributed by atoms with Crippen molar-refractivity contribution in [2.45, 2.75) is 38.5 Å². The molecule has 1 saturated heterocycles. The Hall–Kier alpha value is -2.41. The van der Waals surface area contributed by atoms with Gasteiger partial charge in [0.2, 0.25) is 0 Å². The molecule has 23 heavy (non-hydrogen) atoms. The lowest BCUT2D eigenvalue weighted by Crippen LogP contribution is -2.45. The number of hydrogen-bond donors (Lipinski definition) is 2. The maximum Gasteiger partial charge on any atom is 0.336 e. The lowest BCUT2D eigenvalue weighted by Gasteiger charge is -2.15. The molecule has 7 nitrogen and oxygen atoms in total. The molecule has 1 aliphatic heterocycles. The Kier molecular flexibility index (Phi) is 6.10. The summed E-state index contributed by atoms with van der Waals surface area (Å²) in [7, 11) is 0. The number of esters is 1. The molecule has 0 spiro atoms. The molecule has 1 aliphatic rings. The van der Waals surface area contributed by atoms with Crippen LogP contribution in [-0.2, 0) is 25.6 Å². The van der Waals surface area contributed by atoms with E-state index in [9.17, 15) is 14.4 Å². The zero-order chi connectivity index (χ0) is 16.7. The van der Waals surface area contributed by atoms with Crippen LogP contribution in [0.3, 0.4) is 0 Å². The minimum atomic E-state index is -1.06. The average molecular weight is 320 g/mol. The first-order valence-corrected chi connectivity index (χ1v) is 7.51. The van der Waals surface area contributed by atoms with E-state index in [-0.39, 0.29) is 0 Å². The van der Waals surface area contributed by atoms with E-state index in [2.05, 4.69) is 10.6 Å². The van der Waals surface area contributed by atoms with Crippen molar-refractivity contribution in [3.63, 3.8) is 0 Å². The number of urea groups is 1. The van der Waals surface area contributed by atoms with E-state index >= 15 is 0 Å². The third kappa shape index (κ3) is 5.37. The number of nitrogens with one attached hydrogen (secondary N) is 2. The van der Waals surface area contributed by atoms with E-state index in [4.69, 9.17) is 9.47 Å². The molecular formula is C16H20N2O5. The van der Waals surface area contributed by atoms with Crippen LogP contribution in [0.5, 0.6) is 0 Å². The first-order chi connectivity index (χ1) is 11.1. The molecule has 1 aromatic rings. The van der Waals surface area contributed by atoms with Crippen LogP contribution in [0, 0.1) is 0 Å². The van der Waals surface area contributed by atoms with Gasteiger partial charge in [0.25, 0.3) is 5.91 Å². The standard InChI is InChI=1S/C16H20N2O5/c1-11(23-15(20)13-8-5-9-22-13)14(19)18-16(21)17-10-12-6-3-2-4-7-12/h2-4,6-7,11,13H,5,8-10H2,1H3,(H2,17,18,19,21)/t11-,13+/m1/s1. The summed E-state index contributed by atoms with van der Waals surface area (Å²) in [5, 5.41) is 4.70. The second-order valence-electron chi connectivity index (χ2n) is 5.24. The van der Waals surface area contributed by atoms with Gasteiger partial charge in [0.1, 0.15) is 0 Å². The predicted octanol–water partition coefficient (Wildman–Crippen LogP) is 1.12. The zero-order valence-corrected chi connectivity index (χ0v) is 12.9. The average Bonchev–Trinajstić information content (AvgIpc) is 3.08. The van der Waals surface area contributed by atoms with E-state index in [0.29, 0.717) is 19.6 Å². The number of benzene rings is 1. The lowest BCUT2D eigenvalue weighted by atomic mass is 10.2. The smallest absolute Gasteiger partial charge is 0.336 e. The number of imide groups is 1. The van der Waals surface area contributed by atoms with Crippen molar-refractivity contribution in [3.05, 3.63) is 35.9 Å². The summed E-state index contributed by atoms with van der Waals surface area (Å²) in [5.41, 5.74) is 0.910. The van der Waals surface area contributed by atoms with E-state index in [1.807, 2.05) is 30.3 Å². The molecule has 124 valence electrons. The number of rotatable bonds is 5. The molecule has 0 saturated carbocycles. The first kappa shape index (κ1) is 17.0. The van der Waals surface area contributed by atoms with Gasteiger partial charge in [-0.2, -0.15) is 0 Å². The van der Waals surface area contributed by atoms with Crippen LogP contribution in [-0.4, -0.2) is 36.7 Å². The maximum atomic E-state index is 11.8. The van der Waals surface area contributed by atoms with E-state index in [1.54, 1.807) is 0 Å². The molecule has 0 aliphatic carbocycles. The summed E-state index contributed by atoms with van der Waals surface area (Å²) in [4.78, 5) is 35.2. The fourth-order valence-corrected chi connectivity index (χ4v) is 2.10. The Labute approximate surface area is 134 Å². The van der Waals surface area contributed by atoms with Crippen LogP contribution in [0.2, 0.25) is 0 Å². The lowest BCUT2D eigenvalue weighted by molar-refractivity contribution is -0.163. The van der Waals surface area contributed by atoms with Crippen molar-refractivity contribution in [3.8, 4) is 0 Å². The van der Waals surface area contributed by atoms with Crippen LogP contribution >= 0.6 is 0 Å². The van der Waals surface area contributed by atoms with Gasteiger partial charge in [-0.1, -0.05) is 30.3 Å². The summed E-state index contributed by atoms with van der Waals surface area (Å²) >= 11 is 0. The second kappa shape index (κ2) is 8.28. The van der Waals surface area contributed by atoms with Crippen LogP contribution < -0.4 is 10.6 Å². The van der Waals surface area contributed by atoms with Crippen molar-refractivity contribution in [2.75, 3.05) is 6.61 Å². The number of ether oxygens (including phenoxy) is 2. The Bertz CT molecular complexity index is 555. The van der Waals surface area contributed by atoms with Gasteiger partial charge in [-0.25, -0.2) is 9.59 Å². The largest absolute Gasteiger partial charge is 0.451 e. The summed E-state index contributed by atoms with van der Waals surface area (Å²) in [6, 6.07) is 8.65. The second-order valence-corrected chi connectivity index (χ2v) is 5.24. The quantitative estimate of drug-likeness (QED) is 0.793. The fraction of sp³-hybridized carbons (Fsp3) is 0.438. The molecule has 0 radical (unpaired) electrons. The topological polar surface area (TPSA) is 93.7 Å². The summed E-state index contributed by atoms with van der Waals surface area (Å²) in [5.74, 6) is -1.25. The van der Waals surface area contributed by atoms with Gasteiger partial charge in [0, 0.05) is 13.2 Å². The van der Waals surface area contributed by atoms with Crippen LogP contribution in [0.1, 0.15) is 25.3 Å². The third-order valence-electron chi connectivity index (χ3n) is 3.39. The Morgan fingerprint density at radius 3 is 2.70 bits per heavy atom. The molecule has 7 heteroatoms. The van der Waals surface area contributed by atoms with Crippen molar-refractivity contribution in [2.24, 2.45) is 0 Å². The van der Waals surface area contributed by atoms with Crippen LogP contribution in [0.15, 0.2) is 30.3 Å². The number of hydrogen-bond acceptors (Lipinski definition) is 5. The Balaban J connectivity index is 1.72. The summed E-state index contributed by atoms with van der Waals surface area (Å²) in [6.07, 6.45) is -0.293. The normalized spacial score (nSPS) is 18.0. The summed E-state index contributed by atoms with van der Waals surface area (Å²) < 4.78 is 10.2. The highest BCUT2D eigenvalue weighted by atomic mass is 16.6. The molecule has 0 bridgehead atoms. The molecule has 2 N–H and O–H groups in total. The fourth-order valence-electron chi connectivity index (χ4n) is 2.10. The van der Waals surface area contributed by atoms with Crippen molar-refractivity contribution in [1.29, 1.82) is 0 Å². The van der Waals surface area contributed by atoms with Gasteiger partial charge in [0.15, 0.2) is 12.2 Å². The highest BCUT2D eigenvalue weighted by molar-refractivity contribution is 5.97. The molecule has 1 fully saturated rings. The monoisotopic (exact) mass is 320 g/mol. The van der Waals surface area contributed by atoms with E-state index < -0.39 is 30.1 Å². The molecule has 3 amide bonds. The molecule has 1 heterocycles. The number of carbonyl (C=O) groups excluding carboxylic acids is 3. The van der Waals surface area contributed by atoms with Gasteiger partial charge < -0.3 is 14.8 Å². The van der Waals surface area contributed by atoms with Crippen LogP contribution in [0.4, 0.5) is 4.79 Å². The Morgan fingerprint density at radius 2 is 2.04 bits per heavy atom. The van der Waals surface area contributed by atoms with Crippen molar-refractivity contribution >= 4 is 17.9 Å². The van der Waals surface area contributed by atoms with Crippen molar-refractivity contribution < 1.29 is 23.9 Å². The van der Waals surface area contributed by atoms with Gasteiger partial charge in [-0.15, -0.1) is 0 Å². The van der Waals surface area contributed by atoms with E-state index in [1.165, 1.54) is 6.92 Å². The molecule has 0 unspecified atom stereocenters. The number of carbonyl (C=O) groups is 3. The Morgan fingerprint density at radius 1 is 1.30 bits per heavy atom. The van der Waals surface area contributed by atoms with Crippen molar-refractivity contribution in [1.82, 2.24) is 10.6 Å². The minimum absolute atomic E-state index is 0.296. The first-order valence-electron chi connectivity index (χ1n) is 7.51.